The van der Waals surface area contributed by atoms with E-state index in [4.69, 9.17) is 23.5 Å². The van der Waals surface area contributed by atoms with E-state index in [0.29, 0.717) is 100 Å². The highest BCUT2D eigenvalue weighted by molar-refractivity contribution is 7.92. The van der Waals surface area contributed by atoms with E-state index >= 15 is 0 Å². The van der Waals surface area contributed by atoms with E-state index in [-0.39, 0.29) is 71.6 Å². The molecule has 14 rings (SSSR count). The number of carbonyl (C=O) groups excluding carboxylic acids is 3. The first kappa shape index (κ1) is 64.2. The van der Waals surface area contributed by atoms with E-state index in [0.717, 1.165) is 21.1 Å². The zero-order chi connectivity index (χ0) is 68.8. The van der Waals surface area contributed by atoms with Gasteiger partial charge in [0.25, 0.3) is 11.8 Å². The monoisotopic (exact) mass is 1360 g/mol. The molecule has 0 unspecified atom stereocenters. The molecule has 2 aliphatic heterocycles. The lowest BCUT2D eigenvalue weighted by Gasteiger charge is -2.32. The van der Waals surface area contributed by atoms with Crippen LogP contribution in [0.4, 0.5) is 40.3 Å². The van der Waals surface area contributed by atoms with Crippen molar-refractivity contribution >= 4 is 110 Å². The van der Waals surface area contributed by atoms with Crippen LogP contribution in [0.5, 0.6) is 0 Å². The largest absolute Gasteiger partial charge is 0.480 e. The van der Waals surface area contributed by atoms with Crippen molar-refractivity contribution in [2.45, 2.75) is 13.3 Å². The predicted molar refractivity (Wildman–Crippen MR) is 359 cm³/mol. The number of hydrogen-bond acceptors (Lipinski definition) is 15. The van der Waals surface area contributed by atoms with E-state index in [1.165, 1.54) is 108 Å². The summed E-state index contributed by atoms with van der Waals surface area (Å²) in [6.07, 6.45) is 2.10. The maximum absolute atomic E-state index is 15.0. The molecule has 6 aromatic heterocycles. The number of aliphatic carboxylic acids is 1. The van der Waals surface area contributed by atoms with Gasteiger partial charge in [-0.15, -0.1) is 0 Å². The Morgan fingerprint density at radius 2 is 0.959 bits per heavy atom. The molecule has 97 heavy (non-hydrogen) atoms. The predicted octanol–water partition coefficient (Wildman–Crippen LogP) is 11.4. The van der Waals surface area contributed by atoms with Gasteiger partial charge in [0.1, 0.15) is 70.4 Å². The quantitative estimate of drug-likeness (QED) is 0.0675. The van der Waals surface area contributed by atoms with Gasteiger partial charge < -0.3 is 48.2 Å². The molecule has 2 aliphatic rings. The molecule has 494 valence electrons. The molecule has 8 heterocycles. The summed E-state index contributed by atoms with van der Waals surface area (Å²) in [5.41, 5.74) is 7.40. The number of pyridine rings is 2. The van der Waals surface area contributed by atoms with Crippen molar-refractivity contribution in [1.29, 1.82) is 0 Å². The van der Waals surface area contributed by atoms with Gasteiger partial charge in [-0.3, -0.25) is 27.8 Å². The molecular weight excluding hydrogens is 1300 g/mol. The molecule has 6 aromatic carbocycles. The van der Waals surface area contributed by atoms with E-state index in [2.05, 4.69) is 10.6 Å². The molecule has 0 spiro atoms. The number of fused-ring (bicyclic) bond motifs is 12. The van der Waals surface area contributed by atoms with Gasteiger partial charge in [-0.25, -0.2) is 44.4 Å². The smallest absolute Gasteiger partial charge is 0.325 e. The summed E-state index contributed by atoms with van der Waals surface area (Å²) in [4.78, 5) is 64.2. The number of furan rings is 2. The molecule has 2 amide bonds. The molecule has 0 bridgehead atoms. The molecule has 0 atom stereocenters. The lowest BCUT2D eigenvalue weighted by Crippen LogP contribution is -2.35. The van der Waals surface area contributed by atoms with Gasteiger partial charge in [-0.05, 0) is 121 Å². The number of methoxy groups -OCH3 is 1. The number of rotatable bonds is 14. The molecule has 12 aromatic rings. The van der Waals surface area contributed by atoms with Gasteiger partial charge in [0.2, 0.25) is 20.0 Å². The van der Waals surface area contributed by atoms with Crippen molar-refractivity contribution < 1.29 is 72.3 Å². The Morgan fingerprint density at radius 1 is 0.557 bits per heavy atom. The number of nitrogens with one attached hydrogen (secondary N) is 2. The van der Waals surface area contributed by atoms with Crippen molar-refractivity contribution in [3.8, 4) is 67.9 Å². The maximum atomic E-state index is 15.0. The molecular formula is C69H56F4N10O12S2. The lowest BCUT2D eigenvalue weighted by atomic mass is 10.00. The zero-order valence-electron chi connectivity index (χ0n) is 52.5. The number of carboxylic acids is 1. The Labute approximate surface area is 550 Å². The van der Waals surface area contributed by atoms with Crippen molar-refractivity contribution in [2.24, 2.45) is 0 Å². The number of sulfonamides is 2. The third kappa shape index (κ3) is 11.4. The Hall–Kier alpha value is -11.5. The minimum absolute atomic E-state index is 0.107. The van der Waals surface area contributed by atoms with Gasteiger partial charge >= 0.3 is 11.9 Å². The van der Waals surface area contributed by atoms with Gasteiger partial charge in [-0.1, -0.05) is 12.1 Å². The zero-order valence-corrected chi connectivity index (χ0v) is 54.2. The number of nitrogens with zero attached hydrogens (tertiary/aromatic N) is 8. The molecule has 22 nitrogen and oxygen atoms in total. The van der Waals surface area contributed by atoms with Crippen LogP contribution in [0.3, 0.4) is 0 Å². The second kappa shape index (κ2) is 24.4. The topological polar surface area (TPSA) is 265 Å². The fourth-order valence-electron chi connectivity index (χ4n) is 12.3. The van der Waals surface area contributed by atoms with Crippen LogP contribution in [0.25, 0.3) is 112 Å². The first-order valence-corrected chi connectivity index (χ1v) is 33.4. The number of amides is 2. The minimum Gasteiger partial charge on any atom is -0.480 e. The fourth-order valence-corrected chi connectivity index (χ4v) is 13.3. The van der Waals surface area contributed by atoms with Crippen LogP contribution in [-0.4, -0.2) is 126 Å². The molecule has 0 radical (unpaired) electrons. The minimum atomic E-state index is -3.82. The average Bonchev–Trinajstić information content (AvgIpc) is 1.38. The number of benzene rings is 6. The molecule has 3 N–H and O–H groups in total. The summed E-state index contributed by atoms with van der Waals surface area (Å²) in [7, 11) is -0.657. The Bertz CT molecular complexity index is 5540. The van der Waals surface area contributed by atoms with E-state index in [9.17, 15) is 58.7 Å². The lowest BCUT2D eigenvalue weighted by molar-refractivity contribution is -0.139. The molecule has 0 fully saturated rings. The van der Waals surface area contributed by atoms with Crippen LogP contribution in [0.2, 0.25) is 0 Å². The second-order valence-corrected chi connectivity index (χ2v) is 27.0. The molecule has 0 saturated heterocycles. The molecule has 0 saturated carbocycles. The Kier molecular flexibility index (Phi) is 16.1. The van der Waals surface area contributed by atoms with Crippen molar-refractivity contribution in [3.63, 3.8) is 0 Å². The number of anilines is 4. The Balaban J connectivity index is 0.000000175. The standard InChI is InChI=1S/C35H29F2N5O6S.C34H27F2N5O6S/c1-38-35(44)32-23-14-22(28(40(2)49(4,45)46)16-30(23)48-34(32)19-8-10-20(36)11-9-19)25-12-13-27-33(39-25)29-15-21-24(37)6-5-7-26(21)42(29)18-41(27)17-31(43)47-3;1-37-34(44)31-22-13-21(27(39(2)48(3,45)46)15-29(22)47-33(31)18-7-9-19(35)10-8-18)24-11-12-26-32(38-24)28-14-20-23(36)5-4-6-25(20)41(28)17-40(26)16-30(42)43/h5-16H,17-18H2,1-4H3,(H,38,44);4-15H,16-17H2,1-3H3,(H,37,44)(H,42,43). The Morgan fingerprint density at radius 3 is 1.33 bits per heavy atom. The highest BCUT2D eigenvalue weighted by Gasteiger charge is 2.34. The summed E-state index contributed by atoms with van der Waals surface area (Å²) in [6.45, 7) is -0.111. The van der Waals surface area contributed by atoms with Crippen LogP contribution < -0.4 is 29.0 Å². The van der Waals surface area contributed by atoms with Crippen LogP contribution >= 0.6 is 0 Å². The highest BCUT2D eigenvalue weighted by atomic mass is 32.2. The highest BCUT2D eigenvalue weighted by Crippen LogP contribution is 2.47. The van der Waals surface area contributed by atoms with Gasteiger partial charge in [0, 0.05) is 84.1 Å². The number of hydrogen-bond donors (Lipinski definition) is 3. The van der Waals surface area contributed by atoms with Crippen molar-refractivity contribution in [2.75, 3.05) is 79.3 Å². The summed E-state index contributed by atoms with van der Waals surface area (Å²) < 4.78 is 132. The first-order chi connectivity index (χ1) is 46.2. The van der Waals surface area contributed by atoms with E-state index in [1.54, 1.807) is 87.2 Å². The fraction of sp³-hybridized carbons (Fsp3) is 0.159. The number of aromatic nitrogens is 4. The van der Waals surface area contributed by atoms with E-state index < -0.39 is 67.1 Å². The molecule has 0 aliphatic carbocycles. The average molecular weight is 1360 g/mol. The summed E-state index contributed by atoms with van der Waals surface area (Å²) >= 11 is 0. The third-order valence-electron chi connectivity index (χ3n) is 17.2. The normalized spacial score (nSPS) is 12.6. The van der Waals surface area contributed by atoms with Crippen molar-refractivity contribution in [3.05, 3.63) is 180 Å². The van der Waals surface area contributed by atoms with Gasteiger partial charge in [0.15, 0.2) is 0 Å². The van der Waals surface area contributed by atoms with Crippen LogP contribution in [0.15, 0.2) is 154 Å². The summed E-state index contributed by atoms with van der Waals surface area (Å²) in [5, 5.41) is 16.3. The maximum Gasteiger partial charge on any atom is 0.325 e. The van der Waals surface area contributed by atoms with Crippen molar-refractivity contribution in [1.82, 2.24) is 29.7 Å². The number of carboxylic acid groups (broad SMARTS) is 1. The van der Waals surface area contributed by atoms with Crippen LogP contribution in [0, 0.1) is 23.3 Å². The third-order valence-corrected chi connectivity index (χ3v) is 19.5. The summed E-state index contributed by atoms with van der Waals surface area (Å²) in [6, 6.07) is 36.6. The van der Waals surface area contributed by atoms with Crippen LogP contribution in [-0.2, 0) is 47.7 Å². The number of halogens is 4. The number of esters is 1. The van der Waals surface area contributed by atoms with E-state index in [1.807, 2.05) is 4.57 Å². The molecule has 28 heteroatoms. The van der Waals surface area contributed by atoms with Gasteiger partial charge in [-0.2, -0.15) is 0 Å². The van der Waals surface area contributed by atoms with Gasteiger partial charge in [0.05, 0.1) is 101 Å². The first-order valence-electron chi connectivity index (χ1n) is 29.7. The van der Waals surface area contributed by atoms with Crippen LogP contribution in [0.1, 0.15) is 20.7 Å². The SMILES string of the molecule is CNC(=O)c1c(-c2ccc(F)cc2)oc2cc(N(C)S(C)(=O)=O)c(-c3ccc4c(n3)-c3cc5c(F)cccc5n3CN4CC(=O)O)cc12.CNC(=O)c1c(-c2ccc(F)cc2)oc2cc(N(C)S(C)(=O)=O)c(-c3ccc4c(n3)-c3cc5c(F)cccc5n3CN4CC(=O)OC)cc12. The second-order valence-electron chi connectivity index (χ2n) is 23.0. The number of ether oxygens (including phenoxy) is 1. The number of carbonyl (C=O) groups is 4. The summed E-state index contributed by atoms with van der Waals surface area (Å²) in [5.74, 6) is -4.00.